The molecule has 2 aliphatic heterocycles. The summed E-state index contributed by atoms with van der Waals surface area (Å²) in [6, 6.07) is 9.19. The number of likely N-dealkylation sites (tertiary alicyclic amines) is 1. The van der Waals surface area contributed by atoms with Crippen molar-refractivity contribution in [2.75, 3.05) is 51.1 Å². The van der Waals surface area contributed by atoms with E-state index in [1.54, 1.807) is 12.1 Å². The molecule has 9 nitrogen and oxygen atoms in total. The number of thioether (sulfide) groups is 1. The third-order valence-electron chi connectivity index (χ3n) is 7.40. The van der Waals surface area contributed by atoms with Gasteiger partial charge in [-0.3, -0.25) is 14.4 Å². The SMILES string of the molecule is CCN1C(=O)C(CNc2ccc(C(=O)NCCN3CCCCC3)cc2)S/C1=C(/C#N)C(=O)NCC(C)(C)CC. The van der Waals surface area contributed by atoms with Crippen LogP contribution in [0.3, 0.4) is 0 Å². The second kappa shape index (κ2) is 14.4. The Morgan fingerprint density at radius 1 is 1.10 bits per heavy atom. The first-order valence-electron chi connectivity index (χ1n) is 13.9. The summed E-state index contributed by atoms with van der Waals surface area (Å²) in [6.45, 7) is 12.8. The summed E-state index contributed by atoms with van der Waals surface area (Å²) < 4.78 is 0. The van der Waals surface area contributed by atoms with Gasteiger partial charge in [-0.05, 0) is 69.0 Å². The van der Waals surface area contributed by atoms with Gasteiger partial charge in [0.1, 0.15) is 21.9 Å². The van der Waals surface area contributed by atoms with Crippen LogP contribution in [0.15, 0.2) is 34.9 Å². The monoisotopic (exact) mass is 554 g/mol. The quantitative estimate of drug-likeness (QED) is 0.267. The average Bonchev–Trinajstić information content (AvgIpc) is 3.26. The predicted molar refractivity (Wildman–Crippen MR) is 156 cm³/mol. The average molecular weight is 555 g/mol. The fourth-order valence-corrected chi connectivity index (χ4v) is 5.70. The molecular weight excluding hydrogens is 512 g/mol. The van der Waals surface area contributed by atoms with Crippen LogP contribution in [0.5, 0.6) is 0 Å². The fraction of sp³-hybridized carbons (Fsp3) is 0.586. The van der Waals surface area contributed by atoms with Gasteiger partial charge in [-0.25, -0.2) is 0 Å². The van der Waals surface area contributed by atoms with Crippen LogP contribution in [0.4, 0.5) is 5.69 Å². The Kier molecular flexibility index (Phi) is 11.3. The molecule has 212 valence electrons. The Balaban J connectivity index is 1.55. The lowest BCUT2D eigenvalue weighted by Crippen LogP contribution is -2.37. The number of hydrogen-bond acceptors (Lipinski definition) is 7. The van der Waals surface area contributed by atoms with E-state index in [4.69, 9.17) is 0 Å². The van der Waals surface area contributed by atoms with Gasteiger partial charge in [0.15, 0.2) is 0 Å². The van der Waals surface area contributed by atoms with Gasteiger partial charge in [0.25, 0.3) is 11.8 Å². The van der Waals surface area contributed by atoms with Gasteiger partial charge < -0.3 is 25.8 Å². The standard InChI is InChI=1S/C29H42N6O3S/c1-5-29(3,4)20-33-26(37)23(18-30)28-35(6-2)27(38)24(39-28)19-32-22-12-10-21(11-13-22)25(36)31-14-17-34-15-8-7-9-16-34/h10-13,24,32H,5-9,14-17,19-20H2,1-4H3,(H,31,36)(H,33,37)/b28-23-. The van der Waals surface area contributed by atoms with Crippen molar-refractivity contribution in [1.29, 1.82) is 5.26 Å². The first kappa shape index (κ1) is 30.5. The van der Waals surface area contributed by atoms with Gasteiger partial charge in [-0.15, -0.1) is 0 Å². The summed E-state index contributed by atoms with van der Waals surface area (Å²) in [6.07, 6.45) is 4.64. The molecule has 1 unspecified atom stereocenters. The molecule has 0 aliphatic carbocycles. The molecule has 2 saturated heterocycles. The normalized spacial score (nSPS) is 19.4. The molecule has 2 fully saturated rings. The molecule has 1 aromatic carbocycles. The number of nitrogens with one attached hydrogen (secondary N) is 3. The highest BCUT2D eigenvalue weighted by Crippen LogP contribution is 2.37. The summed E-state index contributed by atoms with van der Waals surface area (Å²) >= 11 is 1.24. The van der Waals surface area contributed by atoms with Gasteiger partial charge in [-0.2, -0.15) is 5.26 Å². The van der Waals surface area contributed by atoms with Gasteiger partial charge in [0, 0.05) is 44.0 Å². The molecule has 0 bridgehead atoms. The Labute approximate surface area is 236 Å². The molecular formula is C29H42N6O3S. The van der Waals surface area contributed by atoms with E-state index in [0.717, 1.165) is 31.7 Å². The Bertz CT molecular complexity index is 1090. The maximum atomic E-state index is 13.1. The van der Waals surface area contributed by atoms with E-state index in [-0.39, 0.29) is 22.8 Å². The lowest BCUT2D eigenvalue weighted by molar-refractivity contribution is -0.127. The predicted octanol–water partition coefficient (Wildman–Crippen LogP) is 3.57. The molecule has 0 spiro atoms. The summed E-state index contributed by atoms with van der Waals surface area (Å²) in [5, 5.41) is 18.8. The summed E-state index contributed by atoms with van der Waals surface area (Å²) in [7, 11) is 0. The van der Waals surface area contributed by atoms with Crippen molar-refractivity contribution in [3.63, 3.8) is 0 Å². The zero-order valence-electron chi connectivity index (χ0n) is 23.6. The number of nitrogens with zero attached hydrogens (tertiary/aromatic N) is 3. The van der Waals surface area contributed by atoms with E-state index in [9.17, 15) is 19.6 Å². The zero-order valence-corrected chi connectivity index (χ0v) is 24.5. The minimum atomic E-state index is -0.471. The Hall–Kier alpha value is -3.03. The van der Waals surface area contributed by atoms with E-state index in [1.807, 2.05) is 25.1 Å². The number of rotatable bonds is 12. The number of piperidine rings is 1. The van der Waals surface area contributed by atoms with Crippen LogP contribution in [0.1, 0.15) is 63.7 Å². The van der Waals surface area contributed by atoms with Crippen LogP contribution in [0.25, 0.3) is 0 Å². The molecule has 0 aromatic heterocycles. The van der Waals surface area contributed by atoms with Crippen LogP contribution in [0, 0.1) is 16.7 Å². The molecule has 0 radical (unpaired) electrons. The van der Waals surface area contributed by atoms with Crippen molar-refractivity contribution in [1.82, 2.24) is 20.4 Å². The van der Waals surface area contributed by atoms with Crippen molar-refractivity contribution in [3.8, 4) is 6.07 Å². The Morgan fingerprint density at radius 2 is 1.79 bits per heavy atom. The topological polar surface area (TPSA) is 118 Å². The van der Waals surface area contributed by atoms with E-state index >= 15 is 0 Å². The van der Waals surface area contributed by atoms with Crippen LogP contribution < -0.4 is 16.0 Å². The smallest absolute Gasteiger partial charge is 0.264 e. The number of benzene rings is 1. The first-order chi connectivity index (χ1) is 18.7. The molecule has 39 heavy (non-hydrogen) atoms. The van der Waals surface area contributed by atoms with Crippen molar-refractivity contribution >= 4 is 35.2 Å². The van der Waals surface area contributed by atoms with Crippen LogP contribution >= 0.6 is 11.8 Å². The lowest BCUT2D eigenvalue weighted by Gasteiger charge is -2.26. The second-order valence-electron chi connectivity index (χ2n) is 10.8. The van der Waals surface area contributed by atoms with Gasteiger partial charge >= 0.3 is 0 Å². The Morgan fingerprint density at radius 3 is 2.41 bits per heavy atom. The maximum Gasteiger partial charge on any atom is 0.264 e. The van der Waals surface area contributed by atoms with E-state index < -0.39 is 11.2 Å². The maximum absolute atomic E-state index is 13.1. The third-order valence-corrected chi connectivity index (χ3v) is 8.70. The minimum absolute atomic E-state index is 0.0275. The highest BCUT2D eigenvalue weighted by Gasteiger charge is 2.39. The summed E-state index contributed by atoms with van der Waals surface area (Å²) in [5.41, 5.74) is 1.26. The van der Waals surface area contributed by atoms with Crippen LogP contribution in [-0.2, 0) is 9.59 Å². The number of amides is 3. The molecule has 2 aliphatic rings. The van der Waals surface area contributed by atoms with Crippen molar-refractivity contribution in [3.05, 3.63) is 40.4 Å². The minimum Gasteiger partial charge on any atom is -0.383 e. The molecule has 3 amide bonds. The number of anilines is 1. The largest absolute Gasteiger partial charge is 0.383 e. The zero-order chi connectivity index (χ0) is 28.4. The summed E-state index contributed by atoms with van der Waals surface area (Å²) in [4.78, 5) is 42.3. The van der Waals surface area contributed by atoms with E-state index in [0.29, 0.717) is 36.8 Å². The molecule has 2 heterocycles. The molecule has 1 atom stereocenters. The van der Waals surface area contributed by atoms with Crippen LogP contribution in [0.2, 0.25) is 0 Å². The van der Waals surface area contributed by atoms with Crippen LogP contribution in [-0.4, -0.2) is 78.6 Å². The van der Waals surface area contributed by atoms with Crippen molar-refractivity contribution in [2.45, 2.75) is 58.6 Å². The number of carbonyl (C=O) groups excluding carboxylic acids is 3. The lowest BCUT2D eigenvalue weighted by atomic mass is 9.90. The number of nitriles is 1. The van der Waals surface area contributed by atoms with E-state index in [1.165, 1.54) is 35.9 Å². The van der Waals surface area contributed by atoms with Crippen molar-refractivity contribution in [2.24, 2.45) is 5.41 Å². The van der Waals surface area contributed by atoms with E-state index in [2.05, 4.69) is 41.6 Å². The van der Waals surface area contributed by atoms with Gasteiger partial charge in [0.05, 0.1) is 0 Å². The number of hydrogen-bond donors (Lipinski definition) is 3. The van der Waals surface area contributed by atoms with Gasteiger partial charge in [0.2, 0.25) is 5.91 Å². The molecule has 3 N–H and O–H groups in total. The van der Waals surface area contributed by atoms with Gasteiger partial charge in [-0.1, -0.05) is 39.0 Å². The molecule has 1 aromatic rings. The first-order valence-corrected chi connectivity index (χ1v) is 14.8. The molecule has 10 heteroatoms. The van der Waals surface area contributed by atoms with Crippen molar-refractivity contribution < 1.29 is 14.4 Å². The third kappa shape index (κ3) is 8.48. The number of carbonyl (C=O) groups is 3. The second-order valence-corrected chi connectivity index (χ2v) is 12.0. The fourth-order valence-electron chi connectivity index (χ4n) is 4.44. The molecule has 0 saturated carbocycles. The summed E-state index contributed by atoms with van der Waals surface area (Å²) in [5.74, 6) is -0.687. The molecule has 3 rings (SSSR count). The highest BCUT2D eigenvalue weighted by atomic mass is 32.2. The highest BCUT2D eigenvalue weighted by molar-refractivity contribution is 8.04.